The number of carbonyl (C=O) groups is 1. The number of rotatable bonds is 4. The number of amides is 1. The summed E-state index contributed by atoms with van der Waals surface area (Å²) in [6, 6.07) is 0.698. The van der Waals surface area contributed by atoms with Gasteiger partial charge in [0.25, 0.3) is 0 Å². The lowest BCUT2D eigenvalue weighted by molar-refractivity contribution is -0.135. The molecule has 0 bridgehead atoms. The number of hydrogen-bond donors (Lipinski definition) is 1. The standard InChI is InChI=1S/C15H27N3O/c1-12(2)11-17(3)15(19)14-5-4-10-18(14)13-6-8-16-9-7-13/h13-14,16H,1,4-11H2,2-3H3. The molecule has 2 aliphatic rings. The van der Waals surface area contributed by atoms with Crippen LogP contribution in [0.3, 0.4) is 0 Å². The van der Waals surface area contributed by atoms with Crippen LogP contribution in [0.25, 0.3) is 0 Å². The normalized spacial score (nSPS) is 25.5. The molecule has 4 nitrogen and oxygen atoms in total. The number of carbonyl (C=O) groups excluding carboxylic acids is 1. The van der Waals surface area contributed by atoms with E-state index >= 15 is 0 Å². The minimum Gasteiger partial charge on any atom is -0.340 e. The number of nitrogens with zero attached hydrogens (tertiary/aromatic N) is 2. The highest BCUT2D eigenvalue weighted by Crippen LogP contribution is 2.25. The van der Waals surface area contributed by atoms with Gasteiger partial charge in [0.15, 0.2) is 0 Å². The van der Waals surface area contributed by atoms with Crippen LogP contribution in [-0.4, -0.2) is 61.0 Å². The van der Waals surface area contributed by atoms with Gasteiger partial charge in [-0.05, 0) is 52.2 Å². The van der Waals surface area contributed by atoms with Crippen LogP contribution >= 0.6 is 0 Å². The van der Waals surface area contributed by atoms with Crippen molar-refractivity contribution in [3.63, 3.8) is 0 Å². The van der Waals surface area contributed by atoms with E-state index in [2.05, 4.69) is 16.8 Å². The molecule has 1 amide bonds. The van der Waals surface area contributed by atoms with Crippen LogP contribution in [0.1, 0.15) is 32.6 Å². The minimum atomic E-state index is 0.104. The largest absolute Gasteiger partial charge is 0.340 e. The average molecular weight is 265 g/mol. The molecular formula is C15H27N3O. The third-order valence-electron chi connectivity index (χ3n) is 4.24. The lowest BCUT2D eigenvalue weighted by Gasteiger charge is -2.36. The van der Waals surface area contributed by atoms with Gasteiger partial charge in [-0.3, -0.25) is 9.69 Å². The molecule has 1 atom stereocenters. The van der Waals surface area contributed by atoms with Crippen molar-refractivity contribution < 1.29 is 4.79 Å². The highest BCUT2D eigenvalue weighted by Gasteiger charge is 2.36. The van der Waals surface area contributed by atoms with Gasteiger partial charge in [-0.2, -0.15) is 0 Å². The van der Waals surface area contributed by atoms with Gasteiger partial charge in [-0.1, -0.05) is 12.2 Å². The Hall–Kier alpha value is -0.870. The molecule has 0 aromatic carbocycles. The van der Waals surface area contributed by atoms with Gasteiger partial charge in [0.1, 0.15) is 0 Å². The maximum atomic E-state index is 12.6. The van der Waals surface area contributed by atoms with Crippen molar-refractivity contribution in [3.8, 4) is 0 Å². The van der Waals surface area contributed by atoms with Crippen LogP contribution in [0.15, 0.2) is 12.2 Å². The summed E-state index contributed by atoms with van der Waals surface area (Å²) in [5.74, 6) is 0.277. The topological polar surface area (TPSA) is 35.6 Å². The van der Waals surface area contributed by atoms with Crippen molar-refractivity contribution in [3.05, 3.63) is 12.2 Å². The molecule has 2 saturated heterocycles. The van der Waals surface area contributed by atoms with Crippen molar-refractivity contribution >= 4 is 5.91 Å². The van der Waals surface area contributed by atoms with Gasteiger partial charge in [-0.25, -0.2) is 0 Å². The quantitative estimate of drug-likeness (QED) is 0.777. The second kappa shape index (κ2) is 6.53. The molecule has 1 unspecified atom stereocenters. The number of likely N-dealkylation sites (N-methyl/N-ethyl adjacent to an activating group) is 1. The van der Waals surface area contributed by atoms with Crippen molar-refractivity contribution in [2.75, 3.05) is 33.2 Å². The lowest BCUT2D eigenvalue weighted by Crippen LogP contribution is -2.51. The number of nitrogens with one attached hydrogen (secondary N) is 1. The van der Waals surface area contributed by atoms with Gasteiger partial charge >= 0.3 is 0 Å². The first-order valence-electron chi connectivity index (χ1n) is 7.45. The van der Waals surface area contributed by atoms with Crippen LogP contribution in [0.5, 0.6) is 0 Å². The summed E-state index contributed by atoms with van der Waals surface area (Å²) in [5, 5.41) is 3.40. The number of likely N-dealkylation sites (tertiary alicyclic amines) is 1. The Bertz CT molecular complexity index is 336. The molecule has 2 heterocycles. The van der Waals surface area contributed by atoms with Crippen LogP contribution in [0.4, 0.5) is 0 Å². The van der Waals surface area contributed by atoms with E-state index in [-0.39, 0.29) is 11.9 Å². The van der Waals surface area contributed by atoms with Gasteiger partial charge in [0.05, 0.1) is 6.04 Å². The smallest absolute Gasteiger partial charge is 0.239 e. The van der Waals surface area contributed by atoms with Crippen LogP contribution < -0.4 is 5.32 Å². The van der Waals surface area contributed by atoms with Crippen molar-refractivity contribution in [2.24, 2.45) is 0 Å². The zero-order valence-electron chi connectivity index (χ0n) is 12.3. The zero-order valence-corrected chi connectivity index (χ0v) is 12.3. The van der Waals surface area contributed by atoms with E-state index in [9.17, 15) is 4.79 Å². The third-order valence-corrected chi connectivity index (χ3v) is 4.24. The highest BCUT2D eigenvalue weighted by molar-refractivity contribution is 5.82. The first-order chi connectivity index (χ1) is 9.09. The Morgan fingerprint density at radius 1 is 1.37 bits per heavy atom. The fraction of sp³-hybridized carbons (Fsp3) is 0.800. The Morgan fingerprint density at radius 2 is 2.05 bits per heavy atom. The maximum Gasteiger partial charge on any atom is 0.239 e. The lowest BCUT2D eigenvalue weighted by atomic mass is 10.0. The van der Waals surface area contributed by atoms with E-state index in [1.165, 1.54) is 12.8 Å². The molecule has 0 aliphatic carbocycles. The summed E-state index contributed by atoms with van der Waals surface area (Å²) in [6.45, 7) is 9.81. The molecule has 2 rings (SSSR count). The molecule has 2 aliphatic heterocycles. The van der Waals surface area contributed by atoms with E-state index < -0.39 is 0 Å². The molecule has 2 fully saturated rings. The molecule has 0 radical (unpaired) electrons. The number of piperidine rings is 1. The monoisotopic (exact) mass is 265 g/mol. The summed E-state index contributed by atoms with van der Waals surface area (Å²) in [5.41, 5.74) is 1.04. The van der Waals surface area contributed by atoms with Crippen molar-refractivity contribution in [2.45, 2.75) is 44.7 Å². The fourth-order valence-corrected chi connectivity index (χ4v) is 3.37. The predicted molar refractivity (Wildman–Crippen MR) is 78.1 cm³/mol. The van der Waals surface area contributed by atoms with Crippen LogP contribution in [0, 0.1) is 0 Å². The van der Waals surface area contributed by atoms with E-state index in [0.717, 1.165) is 38.0 Å². The molecule has 19 heavy (non-hydrogen) atoms. The second-order valence-electron chi connectivity index (χ2n) is 6.03. The first kappa shape index (κ1) is 14.5. The van der Waals surface area contributed by atoms with Crippen LogP contribution in [-0.2, 0) is 4.79 Å². The van der Waals surface area contributed by atoms with E-state index in [4.69, 9.17) is 0 Å². The molecule has 0 spiro atoms. The molecule has 108 valence electrons. The second-order valence-corrected chi connectivity index (χ2v) is 6.03. The van der Waals surface area contributed by atoms with Gasteiger partial charge in [0, 0.05) is 19.6 Å². The Labute approximate surface area is 116 Å². The summed E-state index contributed by atoms with van der Waals surface area (Å²) < 4.78 is 0. The molecule has 0 aromatic rings. The summed E-state index contributed by atoms with van der Waals surface area (Å²) >= 11 is 0. The Kier molecular flexibility index (Phi) is 4.99. The fourth-order valence-electron chi connectivity index (χ4n) is 3.37. The molecule has 1 N–H and O–H groups in total. The summed E-state index contributed by atoms with van der Waals surface area (Å²) in [4.78, 5) is 16.9. The summed E-state index contributed by atoms with van der Waals surface area (Å²) in [7, 11) is 1.90. The molecule has 0 aromatic heterocycles. The first-order valence-corrected chi connectivity index (χ1v) is 7.45. The SMILES string of the molecule is C=C(C)CN(C)C(=O)C1CCCN1C1CCNCC1. The molecular weight excluding hydrogens is 238 g/mol. The zero-order chi connectivity index (χ0) is 13.8. The Balaban J connectivity index is 1.97. The van der Waals surface area contributed by atoms with Crippen LogP contribution in [0.2, 0.25) is 0 Å². The average Bonchev–Trinajstić information content (AvgIpc) is 2.87. The highest BCUT2D eigenvalue weighted by atomic mass is 16.2. The summed E-state index contributed by atoms with van der Waals surface area (Å²) in [6.07, 6.45) is 4.52. The van der Waals surface area contributed by atoms with Gasteiger partial charge < -0.3 is 10.2 Å². The molecule has 4 heteroatoms. The van der Waals surface area contributed by atoms with E-state index in [0.29, 0.717) is 12.6 Å². The van der Waals surface area contributed by atoms with Crippen molar-refractivity contribution in [1.29, 1.82) is 0 Å². The van der Waals surface area contributed by atoms with Crippen molar-refractivity contribution in [1.82, 2.24) is 15.1 Å². The minimum absolute atomic E-state index is 0.104. The van der Waals surface area contributed by atoms with E-state index in [1.807, 2.05) is 18.9 Å². The third kappa shape index (κ3) is 3.57. The Morgan fingerprint density at radius 3 is 2.68 bits per heavy atom. The predicted octanol–water partition coefficient (Wildman–Crippen LogP) is 1.24. The van der Waals surface area contributed by atoms with E-state index in [1.54, 1.807) is 0 Å². The molecule has 0 saturated carbocycles. The maximum absolute atomic E-state index is 12.6. The van der Waals surface area contributed by atoms with Gasteiger partial charge in [0.2, 0.25) is 5.91 Å². The number of hydrogen-bond acceptors (Lipinski definition) is 3. The van der Waals surface area contributed by atoms with Gasteiger partial charge in [-0.15, -0.1) is 0 Å².